The van der Waals surface area contributed by atoms with Crippen molar-refractivity contribution >= 4 is 54.9 Å². The minimum atomic E-state index is 0. The molecule has 66 heavy (non-hydrogen) atoms. The molecule has 4 aromatic heterocycles. The Balaban J connectivity index is 0.000000342. The Morgan fingerprint density at radius 3 is 1.88 bits per heavy atom. The van der Waals surface area contributed by atoms with Crippen molar-refractivity contribution < 1.29 is 28.9 Å². The monoisotopic (exact) mass is 1030 g/mol. The first-order valence-electron chi connectivity index (χ1n) is 22.3. The molecule has 8 aromatic carbocycles. The molecule has 6 heteroatoms. The molecule has 0 fully saturated rings. The second-order valence-corrected chi connectivity index (χ2v) is 17.1. The molecule has 0 aliphatic carbocycles. The van der Waals surface area contributed by atoms with E-state index in [-0.39, 0.29) is 31.9 Å². The molecule has 4 heterocycles. The van der Waals surface area contributed by atoms with E-state index in [9.17, 15) is 0 Å². The van der Waals surface area contributed by atoms with Gasteiger partial charge in [0.1, 0.15) is 16.7 Å². The predicted molar refractivity (Wildman–Crippen MR) is 267 cm³/mol. The quantitative estimate of drug-likeness (QED) is 0.149. The number of pyridine rings is 1. The van der Waals surface area contributed by atoms with Gasteiger partial charge in [-0.25, -0.2) is 0 Å². The number of hydrogen-bond donors (Lipinski definition) is 0. The third-order valence-corrected chi connectivity index (χ3v) is 12.3. The van der Waals surface area contributed by atoms with Crippen molar-refractivity contribution in [2.45, 2.75) is 39.5 Å². The minimum absolute atomic E-state index is 0. The predicted octanol–water partition coefficient (Wildman–Crippen LogP) is 16.4. The number of nitrogens with zero attached hydrogens (tertiary/aromatic N) is 3. The Bertz CT molecular complexity index is 3590. The molecule has 0 unspecified atom stereocenters. The van der Waals surface area contributed by atoms with Gasteiger partial charge in [-0.05, 0) is 106 Å². The van der Waals surface area contributed by atoms with E-state index in [4.69, 9.17) is 13.8 Å². The summed E-state index contributed by atoms with van der Waals surface area (Å²) in [6, 6.07) is 69.5. The van der Waals surface area contributed by atoms with Gasteiger partial charge in [-0.15, -0.1) is 54.1 Å². The van der Waals surface area contributed by atoms with Crippen molar-refractivity contribution in [3.63, 3.8) is 0 Å². The third kappa shape index (κ3) is 7.72. The fourth-order valence-corrected chi connectivity index (χ4v) is 9.10. The number of furan rings is 2. The maximum Gasteiger partial charge on any atom is 0.136 e. The molecule has 5 nitrogen and oxygen atoms in total. The standard InChI is InChI=1S/C49H37N2O2.C11H8N.Ir/c1-29(2)40-25-34(33-22-23-36-35-15-8-11-20-44(35)52-45(36)28-33)26-41(30(3)4)47(40)51-43-19-10-9-18-42(43)50-49(51)39-17-12-16-38-37-24-21-32(27-46(37)53-48(38)39)31-13-6-5-7-14-31;1-2-6-10(7-3-1)11-8-4-5-9-12-11;/h5-16,18-30H,1-4H3;1-6,8-9H;/q2*-1;. The van der Waals surface area contributed by atoms with Crippen LogP contribution in [0.4, 0.5) is 0 Å². The van der Waals surface area contributed by atoms with Gasteiger partial charge in [0.05, 0.1) is 22.4 Å². The van der Waals surface area contributed by atoms with Gasteiger partial charge >= 0.3 is 0 Å². The van der Waals surface area contributed by atoms with E-state index in [2.05, 4.69) is 165 Å². The Labute approximate surface area is 397 Å². The van der Waals surface area contributed by atoms with Crippen LogP contribution in [0.25, 0.3) is 105 Å². The molecular weight excluding hydrogens is 987 g/mol. The molecule has 0 aliphatic heterocycles. The average Bonchev–Trinajstić information content (AvgIpc) is 4.05. The van der Waals surface area contributed by atoms with Gasteiger partial charge < -0.3 is 18.4 Å². The van der Waals surface area contributed by atoms with E-state index in [1.165, 1.54) is 22.4 Å². The molecule has 1 radical (unpaired) electrons. The number of fused-ring (bicyclic) bond motifs is 7. The van der Waals surface area contributed by atoms with E-state index in [1.54, 1.807) is 6.20 Å². The Hall–Kier alpha value is -7.37. The maximum atomic E-state index is 6.78. The molecule has 0 bridgehead atoms. The van der Waals surface area contributed by atoms with E-state index in [0.717, 1.165) is 94.2 Å². The summed E-state index contributed by atoms with van der Waals surface area (Å²) in [5, 5.41) is 4.41. The molecule has 0 aliphatic rings. The molecule has 12 rings (SSSR count). The minimum Gasteiger partial charge on any atom is -0.501 e. The fourth-order valence-electron chi connectivity index (χ4n) is 9.10. The molecule has 0 atom stereocenters. The largest absolute Gasteiger partial charge is 0.501 e. The summed E-state index contributed by atoms with van der Waals surface area (Å²) < 4.78 is 15.5. The summed E-state index contributed by atoms with van der Waals surface area (Å²) in [7, 11) is 0. The van der Waals surface area contributed by atoms with E-state index in [0.29, 0.717) is 0 Å². The first kappa shape index (κ1) is 42.6. The van der Waals surface area contributed by atoms with Crippen molar-refractivity contribution in [3.05, 3.63) is 211 Å². The van der Waals surface area contributed by atoms with Crippen LogP contribution in [0.3, 0.4) is 0 Å². The van der Waals surface area contributed by atoms with Crippen LogP contribution in [0.5, 0.6) is 0 Å². The number of aromatic nitrogens is 3. The number of para-hydroxylation sites is 3. The summed E-state index contributed by atoms with van der Waals surface area (Å²) in [5.74, 6) is 1.28. The summed E-state index contributed by atoms with van der Waals surface area (Å²) in [6.45, 7) is 9.13. The molecule has 0 N–H and O–H groups in total. The third-order valence-electron chi connectivity index (χ3n) is 12.3. The van der Waals surface area contributed by atoms with E-state index in [1.807, 2.05) is 66.7 Å². The van der Waals surface area contributed by atoms with Crippen LogP contribution in [-0.4, -0.2) is 14.5 Å². The molecule has 323 valence electrons. The zero-order valence-corrected chi connectivity index (χ0v) is 39.4. The first-order chi connectivity index (χ1) is 31.9. The summed E-state index contributed by atoms with van der Waals surface area (Å²) >= 11 is 0. The summed E-state index contributed by atoms with van der Waals surface area (Å²) in [6.07, 6.45) is 1.79. The topological polar surface area (TPSA) is 57.0 Å². The van der Waals surface area contributed by atoms with Crippen LogP contribution < -0.4 is 0 Å². The van der Waals surface area contributed by atoms with Gasteiger partial charge in [0, 0.05) is 48.1 Å². The normalized spacial score (nSPS) is 11.5. The van der Waals surface area contributed by atoms with Gasteiger partial charge in [-0.3, -0.25) is 4.98 Å². The first-order valence-corrected chi connectivity index (χ1v) is 22.3. The number of hydrogen-bond acceptors (Lipinski definition) is 4. The van der Waals surface area contributed by atoms with Crippen molar-refractivity contribution in [1.82, 2.24) is 14.5 Å². The Morgan fingerprint density at radius 1 is 0.500 bits per heavy atom. The van der Waals surface area contributed by atoms with Crippen LogP contribution in [0.1, 0.15) is 50.7 Å². The zero-order valence-electron chi connectivity index (χ0n) is 37.0. The maximum absolute atomic E-state index is 6.78. The number of benzene rings is 8. The second-order valence-electron chi connectivity index (χ2n) is 17.1. The zero-order chi connectivity index (χ0) is 44.0. The fraction of sp³-hybridized carbons (Fsp3) is 0.100. The van der Waals surface area contributed by atoms with Gasteiger partial charge in [0.15, 0.2) is 0 Å². The van der Waals surface area contributed by atoms with E-state index < -0.39 is 0 Å². The summed E-state index contributed by atoms with van der Waals surface area (Å²) in [5.41, 5.74) is 16.6. The van der Waals surface area contributed by atoms with E-state index >= 15 is 0 Å². The second kappa shape index (κ2) is 17.9. The Kier molecular flexibility index (Phi) is 11.5. The molecule has 0 saturated carbocycles. The SMILES string of the molecule is CC(C)c1cc(-c2ccc3c(c2)oc2ccccc23)cc(C(C)C)c1-n1c(-c2[c-]ccc3c2oc2cc(-c4ccccc4)ccc23)nc2ccccc21.[Ir].[c-]1ccccc1-c1ccccn1. The number of imidazole rings is 1. The van der Waals surface area contributed by atoms with Crippen LogP contribution in [0, 0.1) is 12.1 Å². The van der Waals surface area contributed by atoms with Crippen LogP contribution in [0.15, 0.2) is 197 Å². The molecule has 12 aromatic rings. The molecule has 0 amide bonds. The van der Waals surface area contributed by atoms with Crippen molar-refractivity contribution in [2.75, 3.05) is 0 Å². The van der Waals surface area contributed by atoms with Crippen LogP contribution in [-0.2, 0) is 20.1 Å². The Morgan fingerprint density at radius 2 is 1.15 bits per heavy atom. The van der Waals surface area contributed by atoms with Crippen molar-refractivity contribution in [3.8, 4) is 50.6 Å². The van der Waals surface area contributed by atoms with Gasteiger partial charge in [-0.1, -0.05) is 130 Å². The summed E-state index contributed by atoms with van der Waals surface area (Å²) in [4.78, 5) is 9.56. The molecule has 0 saturated heterocycles. The average molecular weight is 1030 g/mol. The van der Waals surface area contributed by atoms with Crippen molar-refractivity contribution in [2.24, 2.45) is 0 Å². The van der Waals surface area contributed by atoms with Crippen LogP contribution in [0.2, 0.25) is 0 Å². The molecular formula is C60H45IrN3O2-2. The smallest absolute Gasteiger partial charge is 0.136 e. The van der Waals surface area contributed by atoms with Crippen LogP contribution >= 0.6 is 0 Å². The molecule has 0 spiro atoms. The van der Waals surface area contributed by atoms with Gasteiger partial charge in [0.2, 0.25) is 0 Å². The van der Waals surface area contributed by atoms with Gasteiger partial charge in [0.25, 0.3) is 0 Å². The number of rotatable bonds is 7. The van der Waals surface area contributed by atoms with Gasteiger partial charge in [-0.2, -0.15) is 0 Å². The van der Waals surface area contributed by atoms with Crippen molar-refractivity contribution in [1.29, 1.82) is 0 Å².